The van der Waals surface area contributed by atoms with Crippen molar-refractivity contribution in [1.82, 2.24) is 15.5 Å². The normalized spacial score (nSPS) is 22.2. The number of nitrogens with one attached hydrogen (secondary N) is 2. The summed E-state index contributed by atoms with van der Waals surface area (Å²) < 4.78 is 26.1. The highest BCUT2D eigenvalue weighted by Crippen LogP contribution is 2.30. The number of nitrogens with zero attached hydrogens (tertiary/aromatic N) is 3. The fourth-order valence-electron chi connectivity index (χ4n) is 3.51. The van der Waals surface area contributed by atoms with E-state index in [1.54, 1.807) is 6.26 Å². The molecule has 0 saturated carbocycles. The molecule has 1 aromatic heterocycles. The van der Waals surface area contributed by atoms with Gasteiger partial charge in [-0.1, -0.05) is 38.4 Å². The quantitative estimate of drug-likeness (QED) is 0.517. The number of halogens is 1. The summed E-state index contributed by atoms with van der Waals surface area (Å²) in [5, 5.41) is 17.9. The van der Waals surface area contributed by atoms with Crippen LogP contribution >= 0.6 is 11.6 Å². The summed E-state index contributed by atoms with van der Waals surface area (Å²) in [5.41, 5.74) is 1.83. The molecule has 0 bridgehead atoms. The molecule has 3 N–H and O–H groups in total. The van der Waals surface area contributed by atoms with E-state index in [1.807, 2.05) is 38.1 Å². The Morgan fingerprint density at radius 2 is 2.06 bits per heavy atom. The zero-order valence-electron chi connectivity index (χ0n) is 19.2. The van der Waals surface area contributed by atoms with Crippen molar-refractivity contribution >= 4 is 34.4 Å². The Morgan fingerprint density at radius 1 is 1.34 bits per heavy atom. The Morgan fingerprint density at radius 3 is 2.69 bits per heavy atom. The molecule has 0 amide bonds. The molecule has 0 saturated heterocycles. The van der Waals surface area contributed by atoms with Gasteiger partial charge in [-0.25, -0.2) is 4.21 Å². The van der Waals surface area contributed by atoms with E-state index < -0.39 is 17.2 Å². The number of hydrogen-bond acceptors (Lipinski definition) is 6. The van der Waals surface area contributed by atoms with Crippen LogP contribution in [-0.2, 0) is 11.2 Å². The topological polar surface area (TPSA) is 102 Å². The van der Waals surface area contributed by atoms with Gasteiger partial charge >= 0.3 is 0 Å². The molecule has 0 fully saturated rings. The summed E-state index contributed by atoms with van der Waals surface area (Å²) in [4.78, 5) is 2.03. The fraction of sp³-hybridized carbons (Fsp3) is 0.545. The van der Waals surface area contributed by atoms with Crippen molar-refractivity contribution in [2.45, 2.75) is 58.0 Å². The largest absolute Gasteiger partial charge is 0.510 e. The maximum atomic E-state index is 12.1. The van der Waals surface area contributed by atoms with Crippen LogP contribution in [-0.4, -0.2) is 52.6 Å². The minimum absolute atomic E-state index is 0.149. The van der Waals surface area contributed by atoms with E-state index in [4.69, 9.17) is 16.0 Å². The molecule has 1 aliphatic carbocycles. The number of aliphatic hydroxyl groups is 1. The molecule has 2 heterocycles. The van der Waals surface area contributed by atoms with Crippen molar-refractivity contribution in [3.05, 3.63) is 46.1 Å². The SMILES string of the molecule is CC[C@@H](NC1=NS(=O)N=C1NC1CC=C(Cl)C(CCN(C)C)=C1O)c1cc(C(C)C)co1. The highest BCUT2D eigenvalue weighted by Gasteiger charge is 2.29. The van der Waals surface area contributed by atoms with Gasteiger partial charge in [-0.05, 0) is 50.9 Å². The van der Waals surface area contributed by atoms with E-state index in [-0.39, 0.29) is 11.8 Å². The van der Waals surface area contributed by atoms with Crippen LogP contribution in [0.5, 0.6) is 0 Å². The second kappa shape index (κ2) is 10.7. The van der Waals surface area contributed by atoms with Crippen molar-refractivity contribution in [3.8, 4) is 0 Å². The van der Waals surface area contributed by atoms with Gasteiger partial charge in [-0.3, -0.25) is 0 Å². The predicted molar refractivity (Wildman–Crippen MR) is 130 cm³/mol. The zero-order chi connectivity index (χ0) is 23.4. The van der Waals surface area contributed by atoms with E-state index in [0.29, 0.717) is 41.0 Å². The summed E-state index contributed by atoms with van der Waals surface area (Å²) >= 11 is 4.62. The van der Waals surface area contributed by atoms with E-state index in [2.05, 4.69) is 33.3 Å². The third-order valence-corrected chi connectivity index (χ3v) is 6.57. The van der Waals surface area contributed by atoms with Gasteiger partial charge in [0.1, 0.15) is 11.5 Å². The fourth-order valence-corrected chi connectivity index (χ4v) is 4.42. The van der Waals surface area contributed by atoms with Gasteiger partial charge in [-0.15, -0.1) is 8.80 Å². The lowest BCUT2D eigenvalue weighted by molar-refractivity contribution is 0.339. The van der Waals surface area contributed by atoms with Crippen LogP contribution in [0.25, 0.3) is 0 Å². The second-order valence-corrected chi connectivity index (χ2v) is 9.79. The molecular formula is C22H32ClN5O3S. The Bertz CT molecular complexity index is 980. The lowest BCUT2D eigenvalue weighted by atomic mass is 9.97. The van der Waals surface area contributed by atoms with Crippen LogP contribution < -0.4 is 10.6 Å². The predicted octanol–water partition coefficient (Wildman–Crippen LogP) is 4.08. The van der Waals surface area contributed by atoms with Crippen LogP contribution in [0.2, 0.25) is 0 Å². The Labute approximate surface area is 197 Å². The number of furan rings is 1. The molecule has 1 aliphatic heterocycles. The first-order chi connectivity index (χ1) is 15.2. The first kappa shape index (κ1) is 24.5. The first-order valence-electron chi connectivity index (χ1n) is 10.8. The summed E-state index contributed by atoms with van der Waals surface area (Å²) in [6, 6.07) is 1.46. The van der Waals surface area contributed by atoms with Gasteiger partial charge in [0, 0.05) is 17.2 Å². The first-order valence-corrected chi connectivity index (χ1v) is 12.3. The molecule has 0 aromatic carbocycles. The minimum atomic E-state index is -1.73. The smallest absolute Gasteiger partial charge is 0.269 e. The van der Waals surface area contributed by atoms with Crippen LogP contribution in [0.3, 0.4) is 0 Å². The summed E-state index contributed by atoms with van der Waals surface area (Å²) in [7, 11) is 3.94. The maximum absolute atomic E-state index is 12.1. The van der Waals surface area contributed by atoms with Crippen LogP contribution in [0, 0.1) is 0 Å². The van der Waals surface area contributed by atoms with Gasteiger partial charge in [0.25, 0.3) is 11.2 Å². The van der Waals surface area contributed by atoms with Gasteiger partial charge in [0.15, 0.2) is 11.7 Å². The molecule has 3 atom stereocenters. The van der Waals surface area contributed by atoms with Crippen molar-refractivity contribution < 1.29 is 13.7 Å². The van der Waals surface area contributed by atoms with Crippen molar-refractivity contribution in [3.63, 3.8) is 0 Å². The summed E-state index contributed by atoms with van der Waals surface area (Å²) in [6.07, 6.45) is 5.50. The Hall–Kier alpha value is -2.10. The molecule has 1 aromatic rings. The third kappa shape index (κ3) is 5.82. The maximum Gasteiger partial charge on any atom is 0.269 e. The molecule has 3 rings (SSSR count). The van der Waals surface area contributed by atoms with Crippen molar-refractivity contribution in [2.24, 2.45) is 8.80 Å². The average Bonchev–Trinajstić information content (AvgIpc) is 3.35. The van der Waals surface area contributed by atoms with Gasteiger partial charge in [0.05, 0.1) is 18.3 Å². The van der Waals surface area contributed by atoms with E-state index >= 15 is 0 Å². The van der Waals surface area contributed by atoms with E-state index in [9.17, 15) is 9.32 Å². The number of amidine groups is 2. The third-order valence-electron chi connectivity index (χ3n) is 5.51. The number of allylic oxidation sites excluding steroid dienone is 1. The van der Waals surface area contributed by atoms with E-state index in [1.165, 1.54) is 0 Å². The number of aliphatic hydroxyl groups excluding tert-OH is 1. The Balaban J connectivity index is 1.74. The molecule has 8 nitrogen and oxygen atoms in total. The van der Waals surface area contributed by atoms with Crippen molar-refractivity contribution in [1.29, 1.82) is 0 Å². The molecule has 0 spiro atoms. The second-order valence-electron chi connectivity index (χ2n) is 8.55. The lowest BCUT2D eigenvalue weighted by Crippen LogP contribution is -2.45. The van der Waals surface area contributed by atoms with Gasteiger partial charge < -0.3 is 25.1 Å². The molecule has 0 radical (unpaired) electrons. The van der Waals surface area contributed by atoms with Gasteiger partial charge in [0.2, 0.25) is 0 Å². The molecule has 32 heavy (non-hydrogen) atoms. The molecule has 2 unspecified atom stereocenters. The highest BCUT2D eigenvalue weighted by molar-refractivity contribution is 7.83. The number of rotatable bonds is 8. The lowest BCUT2D eigenvalue weighted by Gasteiger charge is -2.26. The molecule has 176 valence electrons. The van der Waals surface area contributed by atoms with E-state index in [0.717, 1.165) is 24.3 Å². The van der Waals surface area contributed by atoms with Gasteiger partial charge in [-0.2, -0.15) is 0 Å². The zero-order valence-corrected chi connectivity index (χ0v) is 20.8. The Kier molecular flexibility index (Phi) is 8.19. The molecule has 2 aliphatic rings. The van der Waals surface area contributed by atoms with Crippen molar-refractivity contribution in [2.75, 3.05) is 20.6 Å². The monoisotopic (exact) mass is 481 g/mol. The summed E-state index contributed by atoms with van der Waals surface area (Å²) in [6.45, 7) is 7.01. The van der Waals surface area contributed by atoms with Crippen LogP contribution in [0.4, 0.5) is 0 Å². The van der Waals surface area contributed by atoms with Crippen LogP contribution in [0.1, 0.15) is 63.3 Å². The molecular weight excluding hydrogens is 450 g/mol. The standard InChI is InChI=1S/C22H32ClN5O3S/c1-6-17(19-11-14(12-31-19)13(2)3)24-21-22(27-32(30)26-21)25-18-8-7-16(23)15(20(18)29)9-10-28(4)5/h7,11-13,17-18,29H,6,8-10H2,1-5H3,(H,24,26)(H,25,27)/t17-,18?,32?/m1/s1. The highest BCUT2D eigenvalue weighted by atomic mass is 35.5. The average molecular weight is 482 g/mol. The minimum Gasteiger partial charge on any atom is -0.510 e. The summed E-state index contributed by atoms with van der Waals surface area (Å²) in [5.74, 6) is 2.08. The molecule has 10 heteroatoms. The van der Waals surface area contributed by atoms with Crippen LogP contribution in [0.15, 0.2) is 48.0 Å². The number of hydrogen-bond donors (Lipinski definition) is 3.